The summed E-state index contributed by atoms with van der Waals surface area (Å²) in [4.78, 5) is 14.1. The summed E-state index contributed by atoms with van der Waals surface area (Å²) in [6, 6.07) is 10.4. The lowest BCUT2D eigenvalue weighted by Gasteiger charge is -2.41. The Morgan fingerprint density at radius 3 is 2.16 bits per heavy atom. The monoisotopic (exact) mass is 443 g/mol. The normalized spacial score (nSPS) is 17.9. The van der Waals surface area contributed by atoms with E-state index in [1.165, 1.54) is 18.2 Å². The maximum absolute atomic E-state index is 11.8. The fourth-order valence-electron chi connectivity index (χ4n) is 4.47. The number of fused-ring (bicyclic) bond motifs is 1. The second-order valence-corrected chi connectivity index (χ2v) is 7.95. The average molecular weight is 444 g/mol. The Hall–Kier alpha value is -2.93. The number of benzene rings is 2. The van der Waals surface area contributed by atoms with Crippen LogP contribution in [0.25, 0.3) is 0 Å². The predicted octanol–water partition coefficient (Wildman–Crippen LogP) is 3.81. The first-order chi connectivity index (χ1) is 15.4. The van der Waals surface area contributed by atoms with E-state index in [0.717, 1.165) is 24.8 Å². The van der Waals surface area contributed by atoms with Gasteiger partial charge in [-0.25, -0.2) is 0 Å². The molecule has 174 valence electrons. The van der Waals surface area contributed by atoms with Crippen LogP contribution in [0.5, 0.6) is 23.0 Å². The van der Waals surface area contributed by atoms with E-state index in [-0.39, 0.29) is 18.1 Å². The Labute approximate surface area is 190 Å². The minimum atomic E-state index is -0.187. The van der Waals surface area contributed by atoms with Gasteiger partial charge in [0.2, 0.25) is 0 Å². The molecule has 0 fully saturated rings. The van der Waals surface area contributed by atoms with Crippen LogP contribution < -0.4 is 18.9 Å². The van der Waals surface area contributed by atoms with Gasteiger partial charge in [-0.05, 0) is 67.3 Å². The Kier molecular flexibility index (Phi) is 7.85. The Morgan fingerprint density at radius 1 is 0.906 bits per heavy atom. The third-order valence-corrected chi connectivity index (χ3v) is 6.31. The highest BCUT2D eigenvalue weighted by Gasteiger charge is 2.33. The molecule has 7 heteroatoms. The molecule has 0 amide bonds. The highest BCUT2D eigenvalue weighted by molar-refractivity contribution is 5.69. The number of methoxy groups -OCH3 is 5. The third-order valence-electron chi connectivity index (χ3n) is 6.31. The molecule has 0 spiro atoms. The summed E-state index contributed by atoms with van der Waals surface area (Å²) in [5.74, 6) is 2.65. The number of rotatable bonds is 9. The number of ether oxygens (including phenoxy) is 5. The summed E-state index contributed by atoms with van der Waals surface area (Å²) in [6.45, 7) is 0. The van der Waals surface area contributed by atoms with Crippen LogP contribution >= 0.6 is 0 Å². The zero-order valence-corrected chi connectivity index (χ0v) is 19.8. The van der Waals surface area contributed by atoms with Gasteiger partial charge < -0.3 is 23.7 Å². The molecular weight excluding hydrogens is 410 g/mol. The number of hydrogen-bond donors (Lipinski definition) is 0. The van der Waals surface area contributed by atoms with Crippen molar-refractivity contribution < 1.29 is 28.5 Å². The number of carbonyl (C=O) groups is 1. The Bertz CT molecular complexity index is 944. The van der Waals surface area contributed by atoms with Gasteiger partial charge >= 0.3 is 5.97 Å². The lowest BCUT2D eigenvalue weighted by molar-refractivity contribution is -0.141. The maximum Gasteiger partial charge on any atom is 0.305 e. The maximum atomic E-state index is 11.8. The molecule has 2 aromatic rings. The molecule has 0 saturated heterocycles. The minimum absolute atomic E-state index is 0.0966. The second kappa shape index (κ2) is 10.6. The molecule has 0 aromatic heterocycles. The smallest absolute Gasteiger partial charge is 0.305 e. The summed E-state index contributed by atoms with van der Waals surface area (Å²) in [5, 5.41) is 0. The molecule has 0 N–H and O–H groups in total. The number of likely N-dealkylation sites (N-methyl/N-ethyl adjacent to an activating group) is 1. The van der Waals surface area contributed by atoms with Crippen molar-refractivity contribution in [2.75, 3.05) is 42.6 Å². The summed E-state index contributed by atoms with van der Waals surface area (Å²) in [6.07, 6.45) is 2.70. The van der Waals surface area contributed by atoms with Crippen LogP contribution in [-0.2, 0) is 22.4 Å². The third kappa shape index (κ3) is 4.93. The molecular formula is C25H33NO6. The lowest BCUT2D eigenvalue weighted by Crippen LogP contribution is -2.42. The van der Waals surface area contributed by atoms with Gasteiger partial charge in [-0.15, -0.1) is 0 Å². The van der Waals surface area contributed by atoms with E-state index in [2.05, 4.69) is 30.1 Å². The summed E-state index contributed by atoms with van der Waals surface area (Å²) < 4.78 is 26.9. The molecule has 2 atom stereocenters. The summed E-state index contributed by atoms with van der Waals surface area (Å²) in [7, 11) is 10.1. The molecule has 1 aliphatic rings. The van der Waals surface area contributed by atoms with Crippen molar-refractivity contribution in [3.05, 3.63) is 47.0 Å². The molecule has 1 aliphatic heterocycles. The number of nitrogens with zero attached hydrogens (tertiary/aromatic N) is 1. The number of hydrogen-bond acceptors (Lipinski definition) is 7. The van der Waals surface area contributed by atoms with Crippen molar-refractivity contribution in [3.8, 4) is 23.0 Å². The highest BCUT2D eigenvalue weighted by atomic mass is 16.5. The highest BCUT2D eigenvalue weighted by Crippen LogP contribution is 2.42. The van der Waals surface area contributed by atoms with Gasteiger partial charge in [-0.3, -0.25) is 9.69 Å². The molecule has 3 rings (SSSR count). The standard InChI is InChI=1S/C25H33NO6/c1-26-18(8-10-25(27)32-6)13-17-14-23(30-4)24(31-5)15-19(17)20(26)11-16-7-9-21(28-2)22(12-16)29-3/h7,9,12,14-15,18,20H,8,10-11,13H2,1-6H3/t18?,20-/m1/s1. The minimum Gasteiger partial charge on any atom is -0.493 e. The Morgan fingerprint density at radius 2 is 1.53 bits per heavy atom. The first-order valence-electron chi connectivity index (χ1n) is 10.7. The molecule has 2 aromatic carbocycles. The molecule has 0 saturated carbocycles. The van der Waals surface area contributed by atoms with Crippen molar-refractivity contribution >= 4 is 5.97 Å². The lowest BCUT2D eigenvalue weighted by atomic mass is 9.84. The van der Waals surface area contributed by atoms with Gasteiger partial charge in [0.15, 0.2) is 23.0 Å². The molecule has 0 aliphatic carbocycles. The van der Waals surface area contributed by atoms with Gasteiger partial charge in [0.25, 0.3) is 0 Å². The topological polar surface area (TPSA) is 66.5 Å². The van der Waals surface area contributed by atoms with E-state index < -0.39 is 0 Å². The van der Waals surface area contributed by atoms with E-state index in [0.29, 0.717) is 29.4 Å². The molecule has 32 heavy (non-hydrogen) atoms. The zero-order valence-electron chi connectivity index (χ0n) is 19.8. The first kappa shape index (κ1) is 23.7. The van der Waals surface area contributed by atoms with Gasteiger partial charge in [-0.2, -0.15) is 0 Å². The summed E-state index contributed by atoms with van der Waals surface area (Å²) in [5.41, 5.74) is 3.55. The molecule has 1 heterocycles. The fourth-order valence-corrected chi connectivity index (χ4v) is 4.47. The predicted molar refractivity (Wildman–Crippen MR) is 122 cm³/mol. The van der Waals surface area contributed by atoms with Crippen LogP contribution in [0.4, 0.5) is 0 Å². The molecule has 0 bridgehead atoms. The first-order valence-corrected chi connectivity index (χ1v) is 10.7. The van der Waals surface area contributed by atoms with E-state index >= 15 is 0 Å². The SMILES string of the molecule is COC(=O)CCC1Cc2cc(OC)c(OC)cc2[C@@H](Cc2ccc(OC)c(OC)c2)N1C. The van der Waals surface area contributed by atoms with Crippen LogP contribution in [0, 0.1) is 0 Å². The van der Waals surface area contributed by atoms with Crippen molar-refractivity contribution in [1.29, 1.82) is 0 Å². The largest absolute Gasteiger partial charge is 0.493 e. The Balaban J connectivity index is 1.99. The average Bonchev–Trinajstić information content (AvgIpc) is 2.83. The van der Waals surface area contributed by atoms with E-state index in [4.69, 9.17) is 23.7 Å². The van der Waals surface area contributed by atoms with E-state index in [9.17, 15) is 4.79 Å². The summed E-state index contributed by atoms with van der Waals surface area (Å²) >= 11 is 0. The van der Waals surface area contributed by atoms with Gasteiger partial charge in [0.1, 0.15) is 0 Å². The molecule has 0 radical (unpaired) electrons. The van der Waals surface area contributed by atoms with E-state index in [1.807, 2.05) is 12.1 Å². The molecule has 7 nitrogen and oxygen atoms in total. The molecule has 1 unspecified atom stereocenters. The van der Waals surface area contributed by atoms with Crippen LogP contribution in [0.1, 0.15) is 35.6 Å². The van der Waals surface area contributed by atoms with Crippen LogP contribution in [0.3, 0.4) is 0 Å². The fraction of sp³-hybridized carbons (Fsp3) is 0.480. The van der Waals surface area contributed by atoms with E-state index in [1.54, 1.807) is 28.4 Å². The quantitative estimate of drug-likeness (QED) is 0.546. The zero-order chi connectivity index (χ0) is 23.3. The number of esters is 1. The van der Waals surface area contributed by atoms with Crippen molar-refractivity contribution in [3.63, 3.8) is 0 Å². The van der Waals surface area contributed by atoms with Crippen molar-refractivity contribution in [2.24, 2.45) is 0 Å². The van der Waals surface area contributed by atoms with Crippen LogP contribution in [0.2, 0.25) is 0 Å². The van der Waals surface area contributed by atoms with Crippen LogP contribution in [-0.4, -0.2) is 59.5 Å². The van der Waals surface area contributed by atoms with Crippen LogP contribution in [0.15, 0.2) is 30.3 Å². The second-order valence-electron chi connectivity index (χ2n) is 7.95. The van der Waals surface area contributed by atoms with Gasteiger partial charge in [-0.1, -0.05) is 6.07 Å². The van der Waals surface area contributed by atoms with Gasteiger partial charge in [0.05, 0.1) is 35.5 Å². The van der Waals surface area contributed by atoms with Gasteiger partial charge in [0, 0.05) is 18.5 Å². The van der Waals surface area contributed by atoms with Crippen molar-refractivity contribution in [1.82, 2.24) is 4.90 Å². The number of carbonyl (C=O) groups excluding carboxylic acids is 1. The van der Waals surface area contributed by atoms with Crippen molar-refractivity contribution in [2.45, 2.75) is 37.8 Å².